The zero-order valence-corrected chi connectivity index (χ0v) is 18.9. The number of halogens is 3. The van der Waals surface area contributed by atoms with E-state index in [1.807, 2.05) is 16.8 Å². The summed E-state index contributed by atoms with van der Waals surface area (Å²) in [7, 11) is 0. The molecule has 2 unspecified atom stereocenters. The van der Waals surface area contributed by atoms with E-state index in [0.29, 0.717) is 53.7 Å². The predicted octanol–water partition coefficient (Wildman–Crippen LogP) is 4.74. The van der Waals surface area contributed by atoms with Crippen LogP contribution < -0.4 is 5.32 Å². The quantitative estimate of drug-likeness (QED) is 0.573. The van der Waals surface area contributed by atoms with E-state index >= 15 is 4.39 Å². The van der Waals surface area contributed by atoms with Crippen LogP contribution in [0.2, 0.25) is 10.2 Å². The van der Waals surface area contributed by atoms with Crippen LogP contribution in [-0.2, 0) is 4.74 Å². The third-order valence-corrected chi connectivity index (χ3v) is 7.39. The van der Waals surface area contributed by atoms with Gasteiger partial charge in [-0.2, -0.15) is 5.10 Å². The SMILES string of the molecule is FC1CN(C2COC2)CCC1c1cc2nc(Nc3cnn(C4CC4)c3Cl)ncc2cc1Cl. The molecule has 4 heterocycles. The molecule has 2 aromatic heterocycles. The fourth-order valence-electron chi connectivity index (χ4n) is 4.58. The Labute approximate surface area is 194 Å². The molecule has 1 aliphatic carbocycles. The van der Waals surface area contributed by atoms with E-state index in [1.165, 1.54) is 0 Å². The molecule has 0 amide bonds. The number of benzene rings is 1. The molecule has 0 radical (unpaired) electrons. The first-order valence-corrected chi connectivity index (χ1v) is 11.7. The zero-order valence-electron chi connectivity index (χ0n) is 17.3. The molecule has 1 N–H and O–H groups in total. The number of hydrogen-bond acceptors (Lipinski definition) is 6. The molecular formula is C22H23Cl2FN6O. The first-order chi connectivity index (χ1) is 15.6. The van der Waals surface area contributed by atoms with Crippen molar-refractivity contribution in [2.45, 2.75) is 43.4 Å². The van der Waals surface area contributed by atoms with Gasteiger partial charge in [0.1, 0.15) is 6.17 Å². The van der Waals surface area contributed by atoms with Gasteiger partial charge >= 0.3 is 0 Å². The Hall–Kier alpha value is -2.00. The smallest absolute Gasteiger partial charge is 0.227 e. The molecule has 2 atom stereocenters. The highest BCUT2D eigenvalue weighted by Gasteiger charge is 2.36. The van der Waals surface area contributed by atoms with Gasteiger partial charge in [-0.1, -0.05) is 23.2 Å². The summed E-state index contributed by atoms with van der Waals surface area (Å²) in [4.78, 5) is 11.2. The standard InChI is InChI=1S/C22H23Cl2FN6O/c23-17-5-12-7-26-22(29-20-8-27-31(21(20)24)13-1-2-13)28-19(12)6-16(17)15-3-4-30(9-18(15)25)14-10-32-11-14/h5-8,13-15,18H,1-4,9-11H2,(H,26,28,29). The highest BCUT2D eigenvalue weighted by atomic mass is 35.5. The molecule has 10 heteroatoms. The lowest BCUT2D eigenvalue weighted by molar-refractivity contribution is -0.0806. The van der Waals surface area contributed by atoms with Crippen molar-refractivity contribution in [3.63, 3.8) is 0 Å². The molecule has 1 aromatic carbocycles. The number of nitrogens with zero attached hydrogens (tertiary/aromatic N) is 5. The van der Waals surface area contributed by atoms with Gasteiger partial charge in [-0.05, 0) is 43.5 Å². The molecule has 32 heavy (non-hydrogen) atoms. The number of rotatable bonds is 5. The van der Waals surface area contributed by atoms with E-state index in [2.05, 4.69) is 25.3 Å². The molecule has 3 fully saturated rings. The van der Waals surface area contributed by atoms with Crippen LogP contribution >= 0.6 is 23.2 Å². The number of nitrogens with one attached hydrogen (secondary N) is 1. The molecular weight excluding hydrogens is 454 g/mol. The normalized spacial score (nSPS) is 24.6. The Balaban J connectivity index is 1.25. The van der Waals surface area contributed by atoms with Gasteiger partial charge in [0, 0.05) is 29.1 Å². The third kappa shape index (κ3) is 3.73. The Kier molecular flexibility index (Phi) is 5.21. The lowest BCUT2D eigenvalue weighted by Crippen LogP contribution is -2.54. The number of fused-ring (bicyclic) bond motifs is 1. The summed E-state index contributed by atoms with van der Waals surface area (Å²) in [6.45, 7) is 2.65. The van der Waals surface area contributed by atoms with Crippen molar-refractivity contribution >= 4 is 45.7 Å². The number of alkyl halides is 1. The van der Waals surface area contributed by atoms with E-state index < -0.39 is 6.17 Å². The van der Waals surface area contributed by atoms with Gasteiger partial charge in [-0.15, -0.1) is 0 Å². The van der Waals surface area contributed by atoms with Crippen molar-refractivity contribution in [3.8, 4) is 0 Å². The summed E-state index contributed by atoms with van der Waals surface area (Å²) < 4.78 is 22.2. The summed E-state index contributed by atoms with van der Waals surface area (Å²) >= 11 is 13.0. The largest absolute Gasteiger partial charge is 0.378 e. The van der Waals surface area contributed by atoms with E-state index in [1.54, 1.807) is 12.4 Å². The Bertz CT molecular complexity index is 1160. The van der Waals surface area contributed by atoms with Crippen LogP contribution in [0.1, 0.15) is 36.8 Å². The molecule has 0 bridgehead atoms. The fraction of sp³-hybridized carbons (Fsp3) is 0.500. The zero-order chi connectivity index (χ0) is 21.8. The monoisotopic (exact) mass is 476 g/mol. The van der Waals surface area contributed by atoms with Gasteiger partial charge in [0.2, 0.25) is 5.95 Å². The minimum atomic E-state index is -0.981. The second-order valence-corrected chi connectivity index (χ2v) is 9.64. The van der Waals surface area contributed by atoms with Crippen molar-refractivity contribution in [1.82, 2.24) is 24.6 Å². The summed E-state index contributed by atoms with van der Waals surface area (Å²) in [6, 6.07) is 4.46. The van der Waals surface area contributed by atoms with Crippen LogP contribution in [0.25, 0.3) is 10.9 Å². The maximum Gasteiger partial charge on any atom is 0.227 e. The van der Waals surface area contributed by atoms with Crippen LogP contribution in [0.5, 0.6) is 0 Å². The predicted molar refractivity (Wildman–Crippen MR) is 122 cm³/mol. The van der Waals surface area contributed by atoms with Gasteiger partial charge in [0.05, 0.1) is 42.7 Å². The molecule has 168 valence electrons. The number of aromatic nitrogens is 4. The highest BCUT2D eigenvalue weighted by Crippen LogP contribution is 2.40. The number of anilines is 2. The second-order valence-electron chi connectivity index (χ2n) is 8.87. The summed E-state index contributed by atoms with van der Waals surface area (Å²) in [5.41, 5.74) is 2.19. The van der Waals surface area contributed by atoms with Crippen molar-refractivity contribution in [2.75, 3.05) is 31.6 Å². The highest BCUT2D eigenvalue weighted by molar-refractivity contribution is 6.32. The van der Waals surface area contributed by atoms with E-state index in [9.17, 15) is 0 Å². The van der Waals surface area contributed by atoms with Crippen LogP contribution in [0, 0.1) is 0 Å². The Morgan fingerprint density at radius 2 is 1.94 bits per heavy atom. The molecule has 7 nitrogen and oxygen atoms in total. The number of likely N-dealkylation sites (tertiary alicyclic amines) is 1. The average molecular weight is 477 g/mol. The maximum absolute atomic E-state index is 15.2. The van der Waals surface area contributed by atoms with Crippen molar-refractivity contribution in [3.05, 3.63) is 40.3 Å². The molecule has 3 aromatic rings. The van der Waals surface area contributed by atoms with E-state index in [0.717, 1.165) is 42.3 Å². The van der Waals surface area contributed by atoms with Crippen molar-refractivity contribution in [2.24, 2.45) is 0 Å². The van der Waals surface area contributed by atoms with Crippen LogP contribution in [0.3, 0.4) is 0 Å². The minimum Gasteiger partial charge on any atom is -0.378 e. The number of hydrogen-bond donors (Lipinski definition) is 1. The van der Waals surface area contributed by atoms with Gasteiger partial charge in [-0.3, -0.25) is 4.90 Å². The Morgan fingerprint density at radius 3 is 2.66 bits per heavy atom. The van der Waals surface area contributed by atoms with E-state index in [4.69, 9.17) is 27.9 Å². The fourth-order valence-corrected chi connectivity index (χ4v) is 5.17. The van der Waals surface area contributed by atoms with Crippen LogP contribution in [0.4, 0.5) is 16.0 Å². The van der Waals surface area contributed by atoms with E-state index in [-0.39, 0.29) is 5.92 Å². The molecule has 0 spiro atoms. The average Bonchev–Trinajstić information content (AvgIpc) is 3.51. The lowest BCUT2D eigenvalue weighted by atomic mass is 9.86. The number of ether oxygens (including phenoxy) is 1. The van der Waals surface area contributed by atoms with Crippen molar-refractivity contribution < 1.29 is 9.13 Å². The Morgan fingerprint density at radius 1 is 1.09 bits per heavy atom. The summed E-state index contributed by atoms with van der Waals surface area (Å²) in [6.07, 6.45) is 5.34. The second kappa shape index (κ2) is 8.09. The van der Waals surface area contributed by atoms with Gasteiger partial charge in [-0.25, -0.2) is 19.0 Å². The molecule has 2 aliphatic heterocycles. The minimum absolute atomic E-state index is 0.248. The molecule has 3 aliphatic rings. The van der Waals surface area contributed by atoms with Gasteiger partial charge < -0.3 is 10.1 Å². The third-order valence-electron chi connectivity index (χ3n) is 6.68. The topological polar surface area (TPSA) is 68.1 Å². The molecule has 2 saturated heterocycles. The van der Waals surface area contributed by atoms with Crippen LogP contribution in [-0.4, -0.2) is 63.2 Å². The first kappa shape index (κ1) is 20.6. The van der Waals surface area contributed by atoms with Crippen LogP contribution in [0.15, 0.2) is 24.5 Å². The summed E-state index contributed by atoms with van der Waals surface area (Å²) in [5, 5.41) is 9.43. The molecule has 1 saturated carbocycles. The number of piperidine rings is 1. The lowest BCUT2D eigenvalue weighted by Gasteiger charge is -2.43. The maximum atomic E-state index is 15.2. The molecule has 6 rings (SSSR count). The summed E-state index contributed by atoms with van der Waals surface area (Å²) in [5.74, 6) is 0.168. The van der Waals surface area contributed by atoms with Crippen molar-refractivity contribution in [1.29, 1.82) is 0 Å². The first-order valence-electron chi connectivity index (χ1n) is 11.0. The van der Waals surface area contributed by atoms with Gasteiger partial charge in [0.25, 0.3) is 0 Å². The van der Waals surface area contributed by atoms with Gasteiger partial charge in [0.15, 0.2) is 5.15 Å².